The normalized spacial score (nSPS) is 11.8. The van der Waals surface area contributed by atoms with Crippen LogP contribution >= 0.6 is 0 Å². The quantitative estimate of drug-likeness (QED) is 0.552. The lowest BCUT2D eigenvalue weighted by Gasteiger charge is -2.10. The molecule has 0 saturated heterocycles. The van der Waals surface area contributed by atoms with E-state index in [1.165, 1.54) is 6.92 Å². The number of hydrogen-bond acceptors (Lipinski definition) is 3. The number of rotatable bonds is 5. The highest BCUT2D eigenvalue weighted by atomic mass is 16.4. The summed E-state index contributed by atoms with van der Waals surface area (Å²) in [7, 11) is 0. The minimum atomic E-state index is -1.12. The fourth-order valence-electron chi connectivity index (χ4n) is 0.737. The van der Waals surface area contributed by atoms with Crippen molar-refractivity contribution in [1.82, 2.24) is 5.32 Å². The zero-order valence-corrected chi connectivity index (χ0v) is 6.74. The Labute approximate surface area is 69.8 Å². The van der Waals surface area contributed by atoms with Gasteiger partial charge in [-0.1, -0.05) is 0 Å². The van der Waals surface area contributed by atoms with Crippen LogP contribution < -0.4 is 5.32 Å². The number of nitrogens with one attached hydrogen (secondary N) is 1. The van der Waals surface area contributed by atoms with Gasteiger partial charge in [-0.2, -0.15) is 0 Å². The number of carboxylic acid groups (broad SMARTS) is 1. The number of carbonyl (C=O) groups is 3. The van der Waals surface area contributed by atoms with Gasteiger partial charge in [0.05, 0.1) is 0 Å². The summed E-state index contributed by atoms with van der Waals surface area (Å²) in [5, 5.41) is 10.7. The smallest absolute Gasteiger partial charge is 0.326 e. The van der Waals surface area contributed by atoms with Gasteiger partial charge in [-0.25, -0.2) is 4.79 Å². The zero-order valence-electron chi connectivity index (χ0n) is 6.74. The van der Waals surface area contributed by atoms with E-state index in [4.69, 9.17) is 5.11 Å². The topological polar surface area (TPSA) is 83.5 Å². The molecule has 0 aromatic rings. The van der Waals surface area contributed by atoms with Gasteiger partial charge in [-0.05, 0) is 6.42 Å². The molecule has 0 spiro atoms. The summed E-state index contributed by atoms with van der Waals surface area (Å²) < 4.78 is 0. The van der Waals surface area contributed by atoms with Crippen molar-refractivity contribution in [3.8, 4) is 0 Å². The first-order chi connectivity index (χ1) is 5.57. The maximum Gasteiger partial charge on any atom is 0.326 e. The monoisotopic (exact) mass is 173 g/mol. The molecule has 0 rings (SSSR count). The number of hydrogen-bond donors (Lipinski definition) is 2. The van der Waals surface area contributed by atoms with Gasteiger partial charge in [-0.15, -0.1) is 0 Å². The maximum absolute atomic E-state index is 10.5. The number of aliphatic carboxylic acids is 1. The third-order valence-corrected chi connectivity index (χ3v) is 1.25. The van der Waals surface area contributed by atoms with Crippen LogP contribution in [0.1, 0.15) is 19.8 Å². The Bertz CT molecular complexity index is 190. The first-order valence-corrected chi connectivity index (χ1v) is 3.51. The van der Waals surface area contributed by atoms with E-state index < -0.39 is 17.9 Å². The van der Waals surface area contributed by atoms with Gasteiger partial charge in [0.2, 0.25) is 5.91 Å². The van der Waals surface area contributed by atoms with Gasteiger partial charge in [-0.3, -0.25) is 4.79 Å². The molecule has 0 aromatic carbocycles. The highest BCUT2D eigenvalue weighted by molar-refractivity contribution is 5.82. The second-order valence-corrected chi connectivity index (χ2v) is 2.34. The van der Waals surface area contributed by atoms with Crippen molar-refractivity contribution >= 4 is 18.2 Å². The second-order valence-electron chi connectivity index (χ2n) is 2.34. The third-order valence-electron chi connectivity index (χ3n) is 1.25. The minimum absolute atomic E-state index is 0.136. The van der Waals surface area contributed by atoms with Gasteiger partial charge in [0, 0.05) is 13.3 Å². The Balaban J connectivity index is 3.94. The van der Waals surface area contributed by atoms with E-state index >= 15 is 0 Å². The van der Waals surface area contributed by atoms with Crippen molar-refractivity contribution in [3.63, 3.8) is 0 Å². The Kier molecular flexibility index (Phi) is 4.67. The van der Waals surface area contributed by atoms with Crippen molar-refractivity contribution in [1.29, 1.82) is 0 Å². The van der Waals surface area contributed by atoms with Gasteiger partial charge < -0.3 is 15.2 Å². The van der Waals surface area contributed by atoms with Crippen molar-refractivity contribution in [2.45, 2.75) is 25.8 Å². The predicted molar refractivity (Wildman–Crippen MR) is 40.5 cm³/mol. The Morgan fingerprint density at radius 1 is 1.58 bits per heavy atom. The predicted octanol–water partition coefficient (Wildman–Crippen LogP) is -0.445. The van der Waals surface area contributed by atoms with E-state index in [0.717, 1.165) is 0 Å². The molecule has 0 saturated carbocycles. The fraction of sp³-hybridized carbons (Fsp3) is 0.571. The molecule has 5 nitrogen and oxygen atoms in total. The van der Waals surface area contributed by atoms with Crippen LogP contribution in [0.4, 0.5) is 0 Å². The van der Waals surface area contributed by atoms with E-state index in [-0.39, 0.29) is 12.8 Å². The second kappa shape index (κ2) is 5.29. The van der Waals surface area contributed by atoms with E-state index in [1.807, 2.05) is 0 Å². The average Bonchev–Trinajstić information content (AvgIpc) is 1.96. The first-order valence-electron chi connectivity index (χ1n) is 3.51. The van der Waals surface area contributed by atoms with Crippen molar-refractivity contribution in [3.05, 3.63) is 0 Å². The number of amides is 1. The van der Waals surface area contributed by atoms with Gasteiger partial charge in [0.1, 0.15) is 12.3 Å². The minimum Gasteiger partial charge on any atom is -0.480 e. The van der Waals surface area contributed by atoms with Crippen LogP contribution in [0.2, 0.25) is 0 Å². The summed E-state index contributed by atoms with van der Waals surface area (Å²) in [5.74, 6) is -1.53. The lowest BCUT2D eigenvalue weighted by molar-refractivity contribution is -0.141. The van der Waals surface area contributed by atoms with Crippen LogP contribution in [0, 0.1) is 0 Å². The van der Waals surface area contributed by atoms with Crippen LogP contribution in [0.3, 0.4) is 0 Å². The molecule has 1 amide bonds. The summed E-state index contributed by atoms with van der Waals surface area (Å²) in [6, 6.07) is -0.951. The molecule has 0 aliphatic heterocycles. The molecule has 68 valence electrons. The van der Waals surface area contributed by atoms with E-state index in [2.05, 4.69) is 5.32 Å². The highest BCUT2D eigenvalue weighted by Gasteiger charge is 2.16. The van der Waals surface area contributed by atoms with Gasteiger partial charge >= 0.3 is 5.97 Å². The summed E-state index contributed by atoms with van der Waals surface area (Å²) in [4.78, 5) is 30.8. The zero-order chi connectivity index (χ0) is 9.56. The van der Waals surface area contributed by atoms with Gasteiger partial charge in [0.15, 0.2) is 0 Å². The number of carboxylic acids is 1. The summed E-state index contributed by atoms with van der Waals surface area (Å²) in [6.07, 6.45) is 0.896. The molecule has 1 unspecified atom stereocenters. The molecule has 0 heterocycles. The maximum atomic E-state index is 10.5. The van der Waals surface area contributed by atoms with Crippen molar-refractivity contribution in [2.75, 3.05) is 0 Å². The first kappa shape index (κ1) is 10.6. The molecule has 1 atom stereocenters. The Morgan fingerprint density at radius 3 is 2.50 bits per heavy atom. The average molecular weight is 173 g/mol. The number of aldehydes is 1. The summed E-state index contributed by atoms with van der Waals surface area (Å²) in [6.45, 7) is 1.23. The van der Waals surface area contributed by atoms with Crippen LogP contribution in [-0.4, -0.2) is 29.3 Å². The van der Waals surface area contributed by atoms with Crippen LogP contribution in [0.15, 0.2) is 0 Å². The molecule has 0 fully saturated rings. The number of carbonyl (C=O) groups excluding carboxylic acids is 2. The standard InChI is InChI=1S/C7H11NO4/c1-5(10)8-6(7(11)12)3-2-4-9/h4,6H,2-3H2,1H3,(H,8,10)(H,11,12). The molecular formula is C7H11NO4. The largest absolute Gasteiger partial charge is 0.480 e. The van der Waals surface area contributed by atoms with Crippen LogP contribution in [-0.2, 0) is 14.4 Å². The highest BCUT2D eigenvalue weighted by Crippen LogP contribution is 1.95. The SMILES string of the molecule is CC(=O)NC(CCC=O)C(=O)O. The lowest BCUT2D eigenvalue weighted by atomic mass is 10.1. The Hall–Kier alpha value is -1.39. The lowest BCUT2D eigenvalue weighted by Crippen LogP contribution is -2.39. The molecule has 0 bridgehead atoms. The fourth-order valence-corrected chi connectivity index (χ4v) is 0.737. The van der Waals surface area contributed by atoms with E-state index in [0.29, 0.717) is 6.29 Å². The van der Waals surface area contributed by atoms with Crippen molar-refractivity contribution < 1.29 is 19.5 Å². The van der Waals surface area contributed by atoms with E-state index in [9.17, 15) is 14.4 Å². The summed E-state index contributed by atoms with van der Waals surface area (Å²) >= 11 is 0. The van der Waals surface area contributed by atoms with Crippen LogP contribution in [0.25, 0.3) is 0 Å². The molecule has 5 heteroatoms. The molecular weight excluding hydrogens is 162 g/mol. The molecule has 0 aliphatic carbocycles. The summed E-state index contributed by atoms with van der Waals surface area (Å²) in [5.41, 5.74) is 0. The Morgan fingerprint density at radius 2 is 2.17 bits per heavy atom. The molecule has 0 aliphatic rings. The van der Waals surface area contributed by atoms with E-state index in [1.54, 1.807) is 0 Å². The molecule has 0 aromatic heterocycles. The third kappa shape index (κ3) is 4.43. The van der Waals surface area contributed by atoms with Gasteiger partial charge in [0.25, 0.3) is 0 Å². The van der Waals surface area contributed by atoms with Crippen LogP contribution in [0.5, 0.6) is 0 Å². The molecule has 12 heavy (non-hydrogen) atoms. The van der Waals surface area contributed by atoms with Crippen molar-refractivity contribution in [2.24, 2.45) is 0 Å². The molecule has 2 N–H and O–H groups in total. The molecule has 0 radical (unpaired) electrons.